The van der Waals surface area contributed by atoms with Crippen LogP contribution in [0.2, 0.25) is 12.6 Å². The summed E-state index contributed by atoms with van der Waals surface area (Å²) >= 11 is -3.30. The van der Waals surface area contributed by atoms with E-state index in [-0.39, 0.29) is 11.1 Å². The van der Waals surface area contributed by atoms with Crippen LogP contribution in [-0.4, -0.2) is 56.0 Å². The Balaban J connectivity index is 3.03. The van der Waals surface area contributed by atoms with Crippen molar-refractivity contribution in [1.82, 2.24) is 6.24 Å². The molecule has 2 nitrogen and oxygen atoms in total. The van der Waals surface area contributed by atoms with Gasteiger partial charge in [0.25, 0.3) is 0 Å². The molecule has 1 fully saturated rings. The Labute approximate surface area is 213 Å². The second-order valence-electron chi connectivity index (χ2n) is 12.6. The molecule has 2 aliphatic heterocycles. The molecule has 0 radical (unpaired) electrons. The summed E-state index contributed by atoms with van der Waals surface area (Å²) < 4.78 is 10.3. The monoisotopic (exact) mass is 564 g/mol. The summed E-state index contributed by atoms with van der Waals surface area (Å²) in [5.74, 6) is 0. The molecule has 2 rings (SSSR count). The van der Waals surface area contributed by atoms with E-state index in [1.165, 1.54) is 77.1 Å². The maximum absolute atomic E-state index is 3.30. The average molecular weight is 563 g/mol. The fraction of sp³-hybridized carbons (Fsp3) is 0.862. The van der Waals surface area contributed by atoms with Crippen LogP contribution in [0.1, 0.15) is 128 Å². The first-order valence-corrected chi connectivity index (χ1v) is 19.9. The molecule has 0 aromatic rings. The summed E-state index contributed by atoms with van der Waals surface area (Å²) in [5, 5.41) is 0. The second-order valence-corrected chi connectivity index (χ2v) is 23.0. The Morgan fingerprint density at radius 3 is 1.55 bits per heavy atom. The van der Waals surface area contributed by atoms with Crippen molar-refractivity contribution < 1.29 is 0 Å². The molecule has 1 saturated heterocycles. The Morgan fingerprint density at radius 2 is 1.18 bits per heavy atom. The normalized spacial score (nSPS) is 20.5. The van der Waals surface area contributed by atoms with Crippen LogP contribution >= 0.6 is 0 Å². The van der Waals surface area contributed by atoms with Crippen LogP contribution in [0.5, 0.6) is 0 Å². The van der Waals surface area contributed by atoms with Crippen LogP contribution < -0.4 is 0 Å². The van der Waals surface area contributed by atoms with Gasteiger partial charge in [-0.15, -0.1) is 0 Å². The van der Waals surface area contributed by atoms with Crippen molar-refractivity contribution in [2.45, 2.75) is 151 Å². The third-order valence-corrected chi connectivity index (χ3v) is 25.8. The Kier molecular flexibility index (Phi) is 10.7. The molecule has 0 bridgehead atoms. The van der Waals surface area contributed by atoms with E-state index in [9.17, 15) is 0 Å². The van der Waals surface area contributed by atoms with Gasteiger partial charge in [-0.1, -0.05) is 0 Å². The van der Waals surface area contributed by atoms with Gasteiger partial charge >= 0.3 is 214 Å². The molecule has 0 amide bonds. The Hall–Kier alpha value is 0.264. The zero-order valence-electron chi connectivity index (χ0n) is 24.5. The first-order chi connectivity index (χ1) is 15.5. The maximum atomic E-state index is 3.16. The summed E-state index contributed by atoms with van der Waals surface area (Å²) in [6.07, 6.45) is 13.1. The van der Waals surface area contributed by atoms with Crippen molar-refractivity contribution >= 4 is 25.6 Å². The predicted octanol–water partition coefficient (Wildman–Crippen LogP) is 8.58. The van der Waals surface area contributed by atoms with Crippen LogP contribution in [0.3, 0.4) is 0 Å². The van der Waals surface area contributed by atoms with E-state index >= 15 is 0 Å². The molecule has 0 aliphatic carbocycles. The molecule has 4 heteroatoms. The van der Waals surface area contributed by atoms with Gasteiger partial charge in [-0.3, -0.25) is 0 Å². The molecular formula is C29H57BN2Sn. The van der Waals surface area contributed by atoms with Gasteiger partial charge in [-0.05, 0) is 0 Å². The fourth-order valence-electron chi connectivity index (χ4n) is 7.01. The molecule has 0 aromatic carbocycles. The molecule has 0 aromatic heterocycles. The summed E-state index contributed by atoms with van der Waals surface area (Å²) in [6, 6.07) is 0. The Morgan fingerprint density at radius 1 is 0.727 bits per heavy atom. The zero-order chi connectivity index (χ0) is 25.0. The fourth-order valence-corrected chi connectivity index (χ4v) is 28.1. The number of hydrogen-bond donors (Lipinski definition) is 0. The van der Waals surface area contributed by atoms with Gasteiger partial charge in [0.15, 0.2) is 0 Å². The van der Waals surface area contributed by atoms with Gasteiger partial charge in [0.1, 0.15) is 0 Å². The van der Waals surface area contributed by atoms with Crippen LogP contribution in [-0.2, 0) is 0 Å². The van der Waals surface area contributed by atoms with Crippen LogP contribution in [0.15, 0.2) is 18.2 Å². The van der Waals surface area contributed by atoms with E-state index in [4.69, 9.17) is 0 Å². The minimum atomic E-state index is -3.30. The third kappa shape index (κ3) is 5.66. The summed E-state index contributed by atoms with van der Waals surface area (Å²) in [7, 11) is 0. The number of hydrogen-bond acceptors (Lipinski definition) is 2. The van der Waals surface area contributed by atoms with E-state index in [1.807, 2.05) is 18.2 Å². The quantitative estimate of drug-likeness (QED) is 0.246. The molecular weight excluding hydrogens is 506 g/mol. The molecule has 2 heterocycles. The number of unbranched alkanes of at least 4 members (excludes halogenated alkanes) is 2. The molecule has 0 atom stereocenters. The van der Waals surface area contributed by atoms with Crippen molar-refractivity contribution in [1.29, 1.82) is 0 Å². The number of nitrogens with zero attached hydrogens (tertiary/aromatic N) is 2. The van der Waals surface area contributed by atoms with Crippen LogP contribution in [0.25, 0.3) is 0 Å². The topological polar surface area (TPSA) is 6.48 Å². The summed E-state index contributed by atoms with van der Waals surface area (Å²) in [4.78, 5) is 0. The number of rotatable bonds is 10. The molecule has 2 aliphatic rings. The summed E-state index contributed by atoms with van der Waals surface area (Å²) in [5.41, 5.74) is 4.15. The Bertz CT molecular complexity index is 684. The van der Waals surface area contributed by atoms with Gasteiger partial charge in [0.2, 0.25) is 0 Å². The third-order valence-electron chi connectivity index (χ3n) is 8.33. The van der Waals surface area contributed by atoms with Crippen LogP contribution in [0, 0.1) is 0 Å². The van der Waals surface area contributed by atoms with Crippen molar-refractivity contribution in [2.75, 3.05) is 13.1 Å². The van der Waals surface area contributed by atoms with Gasteiger partial charge in [0, 0.05) is 0 Å². The van der Waals surface area contributed by atoms with Gasteiger partial charge < -0.3 is 0 Å². The first-order valence-electron chi connectivity index (χ1n) is 14.5. The van der Waals surface area contributed by atoms with Crippen LogP contribution in [0.4, 0.5) is 0 Å². The molecule has 1 spiro atoms. The summed E-state index contributed by atoms with van der Waals surface area (Å²) in [6.45, 7) is 30.6. The number of allylic oxidation sites excluding steroid dienone is 4. The van der Waals surface area contributed by atoms with E-state index < -0.39 is 18.9 Å². The van der Waals surface area contributed by atoms with Crippen molar-refractivity contribution in [2.24, 2.45) is 0 Å². The van der Waals surface area contributed by atoms with E-state index in [2.05, 4.69) is 82.4 Å². The molecule has 33 heavy (non-hydrogen) atoms. The van der Waals surface area contributed by atoms with Gasteiger partial charge in [-0.25, -0.2) is 0 Å². The van der Waals surface area contributed by atoms with E-state index in [0.29, 0.717) is 0 Å². The van der Waals surface area contributed by atoms with Crippen molar-refractivity contribution in [3.8, 4) is 0 Å². The van der Waals surface area contributed by atoms with Gasteiger partial charge in [-0.2, -0.15) is 0 Å². The molecule has 0 N–H and O–H groups in total. The standard InChI is InChI=1S/C18H33B.C11H24N2.Sn/c1-6-11-13-15-17(8-3)18(16-14-12-7-2)19(9-4)10-5;1-10(2,3)12-8-7-9-13-11(4,5)6;/h6-14H2,1-5H3;7-9H2,1-6H3;/q;-2;+2. The first kappa shape index (κ1) is 29.5. The molecule has 190 valence electrons. The second kappa shape index (κ2) is 12.0. The van der Waals surface area contributed by atoms with Crippen molar-refractivity contribution in [3.63, 3.8) is 0 Å². The molecule has 0 saturated carbocycles. The zero-order valence-corrected chi connectivity index (χ0v) is 27.3. The van der Waals surface area contributed by atoms with E-state index in [0.717, 1.165) is 6.71 Å². The van der Waals surface area contributed by atoms with E-state index in [1.54, 1.807) is 0 Å². The molecule has 0 unspecified atom stereocenters. The van der Waals surface area contributed by atoms with Crippen molar-refractivity contribution in [3.05, 3.63) is 18.2 Å². The SMILES string of the molecule is CCCC[C]1=C(CC)C(B(CC)CC)=[C](CCCC)[Sn]12[N](C(C)(C)C)CCC[N]2C(C)(C)C. The minimum absolute atomic E-state index is 0.219. The van der Waals surface area contributed by atoms with Gasteiger partial charge in [0.05, 0.1) is 0 Å². The average Bonchev–Trinajstić information content (AvgIpc) is 2.99. The predicted molar refractivity (Wildman–Crippen MR) is 153 cm³/mol.